The third-order valence-electron chi connectivity index (χ3n) is 7.90. The van der Waals surface area contributed by atoms with E-state index >= 15 is 0 Å². The van der Waals surface area contributed by atoms with Crippen LogP contribution in [0.4, 0.5) is 10.5 Å². The lowest BCUT2D eigenvalue weighted by Gasteiger charge is -2.42. The number of likely N-dealkylation sites (tertiary alicyclic amines) is 1. The molecule has 3 heterocycles. The smallest absolute Gasteiger partial charge is 0.327 e. The number of carbonyl (C=O) groups is 2. The Morgan fingerprint density at radius 2 is 1.50 bits per heavy atom. The van der Waals surface area contributed by atoms with Crippen molar-refractivity contribution in [1.29, 1.82) is 0 Å². The van der Waals surface area contributed by atoms with Crippen molar-refractivity contribution in [1.82, 2.24) is 14.7 Å². The van der Waals surface area contributed by atoms with Crippen molar-refractivity contribution >= 4 is 17.6 Å². The highest BCUT2D eigenvalue weighted by atomic mass is 16.2. The molecule has 1 spiro atoms. The van der Waals surface area contributed by atoms with E-state index in [-0.39, 0.29) is 11.9 Å². The summed E-state index contributed by atoms with van der Waals surface area (Å²) in [4.78, 5) is 34.9. The van der Waals surface area contributed by atoms with Gasteiger partial charge in [0.25, 0.3) is 5.91 Å². The number of nitrogens with zero attached hydrogens (tertiary/aromatic N) is 4. The lowest BCUT2D eigenvalue weighted by molar-refractivity contribution is -0.135. The maximum atomic E-state index is 13.6. The molecular formula is C28H36N4O2. The van der Waals surface area contributed by atoms with Gasteiger partial charge in [-0.2, -0.15) is 0 Å². The van der Waals surface area contributed by atoms with E-state index < -0.39 is 5.54 Å². The van der Waals surface area contributed by atoms with Crippen LogP contribution in [0, 0.1) is 0 Å². The monoisotopic (exact) mass is 460 g/mol. The van der Waals surface area contributed by atoms with Gasteiger partial charge in [-0.1, -0.05) is 42.5 Å². The molecule has 5 rings (SSSR count). The zero-order valence-electron chi connectivity index (χ0n) is 20.3. The van der Waals surface area contributed by atoms with Gasteiger partial charge in [-0.05, 0) is 62.3 Å². The van der Waals surface area contributed by atoms with Crippen LogP contribution in [0.15, 0.2) is 54.6 Å². The number of urea groups is 1. The van der Waals surface area contributed by atoms with Crippen LogP contribution >= 0.6 is 0 Å². The number of hydrogen-bond acceptors (Lipinski definition) is 4. The van der Waals surface area contributed by atoms with Gasteiger partial charge in [0.2, 0.25) is 0 Å². The van der Waals surface area contributed by atoms with E-state index in [9.17, 15) is 9.59 Å². The van der Waals surface area contributed by atoms with Crippen LogP contribution in [-0.4, -0.2) is 71.4 Å². The fraction of sp³-hybridized carbons (Fsp3) is 0.500. The molecule has 0 radical (unpaired) electrons. The van der Waals surface area contributed by atoms with Crippen LogP contribution in [0.3, 0.4) is 0 Å². The Kier molecular flexibility index (Phi) is 6.59. The van der Waals surface area contributed by atoms with Crippen molar-refractivity contribution in [2.45, 2.75) is 51.1 Å². The highest BCUT2D eigenvalue weighted by molar-refractivity contribution is 6.07. The van der Waals surface area contributed by atoms with Crippen molar-refractivity contribution in [2.24, 2.45) is 0 Å². The number of amides is 3. The molecule has 3 amide bonds. The number of imide groups is 1. The molecule has 0 atom stereocenters. The molecule has 0 aliphatic carbocycles. The Morgan fingerprint density at radius 3 is 2.15 bits per heavy atom. The zero-order chi connectivity index (χ0) is 23.5. The third kappa shape index (κ3) is 4.31. The zero-order valence-corrected chi connectivity index (χ0v) is 20.3. The molecule has 3 fully saturated rings. The number of hydrogen-bond donors (Lipinski definition) is 0. The van der Waals surface area contributed by atoms with Gasteiger partial charge in [0, 0.05) is 51.5 Å². The number of carbonyl (C=O) groups excluding carboxylic acids is 2. The van der Waals surface area contributed by atoms with Crippen molar-refractivity contribution in [3.63, 3.8) is 0 Å². The predicted molar refractivity (Wildman–Crippen MR) is 135 cm³/mol. The summed E-state index contributed by atoms with van der Waals surface area (Å²) in [5.41, 5.74) is 3.11. The number of benzene rings is 2. The van der Waals surface area contributed by atoms with Crippen LogP contribution in [0.5, 0.6) is 0 Å². The normalized spacial score (nSPS) is 20.7. The van der Waals surface area contributed by atoms with E-state index in [1.165, 1.54) is 29.0 Å². The van der Waals surface area contributed by atoms with E-state index in [1.807, 2.05) is 30.0 Å². The Morgan fingerprint density at radius 1 is 0.824 bits per heavy atom. The average Bonchev–Trinajstić information content (AvgIpc) is 3.47. The van der Waals surface area contributed by atoms with E-state index in [1.54, 1.807) is 0 Å². The first-order valence-corrected chi connectivity index (χ1v) is 12.8. The molecule has 0 bridgehead atoms. The van der Waals surface area contributed by atoms with Gasteiger partial charge in [0.1, 0.15) is 5.54 Å². The Bertz CT molecular complexity index is 993. The Balaban J connectivity index is 1.21. The standard InChI is InChI=1S/C28H36N4O2/c1-2-32-27(34)31(19-14-23-8-4-3-5-9-23)26(33)28(32)15-20-29(21-16-28)22-24-10-12-25(13-11-24)30-17-6-7-18-30/h3-5,8-13H,2,6-7,14-22H2,1H3. The highest BCUT2D eigenvalue weighted by Gasteiger charge is 2.57. The maximum absolute atomic E-state index is 13.6. The van der Waals surface area contributed by atoms with E-state index in [0.717, 1.165) is 38.3 Å². The van der Waals surface area contributed by atoms with E-state index in [4.69, 9.17) is 0 Å². The summed E-state index contributed by atoms with van der Waals surface area (Å²) in [6, 6.07) is 18.9. The predicted octanol–water partition coefficient (Wildman–Crippen LogP) is 4.15. The molecule has 0 N–H and O–H groups in total. The SMILES string of the molecule is CCN1C(=O)N(CCc2ccccc2)C(=O)C12CCN(Cc1ccc(N3CCCC3)cc1)CC2. The lowest BCUT2D eigenvalue weighted by atomic mass is 9.85. The van der Waals surface area contributed by atoms with Crippen molar-refractivity contribution in [2.75, 3.05) is 44.2 Å². The molecule has 0 aromatic heterocycles. The number of piperidine rings is 1. The minimum absolute atomic E-state index is 0.00453. The van der Waals surface area contributed by atoms with Crippen molar-refractivity contribution < 1.29 is 9.59 Å². The molecule has 34 heavy (non-hydrogen) atoms. The van der Waals surface area contributed by atoms with Crippen LogP contribution in [-0.2, 0) is 17.8 Å². The molecule has 3 aliphatic heterocycles. The van der Waals surface area contributed by atoms with Gasteiger partial charge in [-0.15, -0.1) is 0 Å². The summed E-state index contributed by atoms with van der Waals surface area (Å²) in [6.07, 6.45) is 4.69. The first kappa shape index (κ1) is 22.9. The van der Waals surface area contributed by atoms with E-state index in [2.05, 4.69) is 46.2 Å². The molecule has 3 aliphatic rings. The fourth-order valence-corrected chi connectivity index (χ4v) is 5.91. The van der Waals surface area contributed by atoms with Crippen LogP contribution in [0.2, 0.25) is 0 Å². The molecule has 2 aromatic rings. The Labute approximate surface area is 203 Å². The molecule has 0 saturated carbocycles. The van der Waals surface area contributed by atoms with Gasteiger partial charge in [0.05, 0.1) is 0 Å². The molecular weight excluding hydrogens is 424 g/mol. The summed E-state index contributed by atoms with van der Waals surface area (Å²) < 4.78 is 0. The largest absolute Gasteiger partial charge is 0.372 e. The second-order valence-corrected chi connectivity index (χ2v) is 9.89. The fourth-order valence-electron chi connectivity index (χ4n) is 5.91. The Hall–Kier alpha value is -2.86. The minimum atomic E-state index is -0.668. The quantitative estimate of drug-likeness (QED) is 0.583. The summed E-state index contributed by atoms with van der Waals surface area (Å²) in [6.45, 7) is 7.89. The molecule has 2 aromatic carbocycles. The van der Waals surface area contributed by atoms with Gasteiger partial charge < -0.3 is 9.80 Å². The summed E-state index contributed by atoms with van der Waals surface area (Å²) in [5.74, 6) is 0.00453. The van der Waals surface area contributed by atoms with Crippen LogP contribution < -0.4 is 4.90 Å². The molecule has 6 nitrogen and oxygen atoms in total. The van der Waals surface area contributed by atoms with Gasteiger partial charge >= 0.3 is 6.03 Å². The lowest BCUT2D eigenvalue weighted by Crippen LogP contribution is -2.56. The topological polar surface area (TPSA) is 47.1 Å². The van der Waals surface area contributed by atoms with E-state index in [0.29, 0.717) is 32.4 Å². The highest BCUT2D eigenvalue weighted by Crippen LogP contribution is 2.37. The average molecular weight is 461 g/mol. The molecule has 180 valence electrons. The number of likely N-dealkylation sites (N-methyl/N-ethyl adjacent to an activating group) is 1. The van der Waals surface area contributed by atoms with Crippen LogP contribution in [0.25, 0.3) is 0 Å². The molecule has 6 heteroatoms. The first-order chi connectivity index (χ1) is 16.6. The van der Waals surface area contributed by atoms with Crippen molar-refractivity contribution in [3.8, 4) is 0 Å². The van der Waals surface area contributed by atoms with Gasteiger partial charge in [-0.25, -0.2) is 4.79 Å². The summed E-state index contributed by atoms with van der Waals surface area (Å²) in [7, 11) is 0. The summed E-state index contributed by atoms with van der Waals surface area (Å²) >= 11 is 0. The van der Waals surface area contributed by atoms with Crippen LogP contribution in [0.1, 0.15) is 43.7 Å². The molecule has 3 saturated heterocycles. The maximum Gasteiger partial charge on any atom is 0.327 e. The number of rotatable bonds is 7. The summed E-state index contributed by atoms with van der Waals surface area (Å²) in [5, 5.41) is 0. The van der Waals surface area contributed by atoms with Crippen molar-refractivity contribution in [3.05, 3.63) is 65.7 Å². The minimum Gasteiger partial charge on any atom is -0.372 e. The third-order valence-corrected chi connectivity index (χ3v) is 7.90. The second kappa shape index (κ2) is 9.79. The van der Waals surface area contributed by atoms with Gasteiger partial charge in [0.15, 0.2) is 0 Å². The molecule has 0 unspecified atom stereocenters. The first-order valence-electron chi connectivity index (χ1n) is 12.8. The number of anilines is 1. The van der Waals surface area contributed by atoms with Gasteiger partial charge in [-0.3, -0.25) is 14.6 Å². The second-order valence-electron chi connectivity index (χ2n) is 9.89.